The molecule has 0 spiro atoms. The smallest absolute Gasteiger partial charge is 0.273 e. The number of nitrogens with one attached hydrogen (secondary N) is 2. The fourth-order valence-corrected chi connectivity index (χ4v) is 4.80. The zero-order valence-corrected chi connectivity index (χ0v) is 15.9. The summed E-state index contributed by atoms with van der Waals surface area (Å²) in [5, 5.41) is 12.8. The van der Waals surface area contributed by atoms with Crippen LogP contribution in [0.25, 0.3) is 0 Å². The topological polar surface area (TPSA) is 91.0 Å². The Balaban J connectivity index is 1.25. The zero-order chi connectivity index (χ0) is 18.5. The molecule has 3 fully saturated rings. The number of nitrogens with zero attached hydrogens (tertiary/aromatic N) is 3. The van der Waals surface area contributed by atoms with Crippen LogP contribution in [0, 0.1) is 28.6 Å². The summed E-state index contributed by atoms with van der Waals surface area (Å²) < 4.78 is 0. The minimum absolute atomic E-state index is 0.178. The van der Waals surface area contributed by atoms with Gasteiger partial charge in [-0.1, -0.05) is 20.8 Å². The van der Waals surface area contributed by atoms with Crippen LogP contribution in [0.2, 0.25) is 0 Å². The molecule has 4 rings (SSSR count). The Morgan fingerprint density at radius 1 is 1.19 bits per heavy atom. The fraction of sp³-hybridized carbons (Fsp3) is 0.789. The molecule has 7 nitrogen and oxygen atoms in total. The SMILES string of the molecule is CC1(C)CCC(C)(C(=O)N2C[C@@H]3C(CNC(=O)c4cn[nH]n4)[C@@H]3C2)CC1. The molecule has 2 amide bonds. The van der Waals surface area contributed by atoms with Crippen LogP contribution in [-0.2, 0) is 4.79 Å². The van der Waals surface area contributed by atoms with Gasteiger partial charge in [0.25, 0.3) is 5.91 Å². The van der Waals surface area contributed by atoms with E-state index in [0.29, 0.717) is 41.3 Å². The van der Waals surface area contributed by atoms with Crippen molar-refractivity contribution in [3.63, 3.8) is 0 Å². The molecule has 1 aromatic rings. The molecule has 1 aliphatic heterocycles. The lowest BCUT2D eigenvalue weighted by Crippen LogP contribution is -2.45. The number of fused-ring (bicyclic) bond motifs is 1. The highest BCUT2D eigenvalue weighted by atomic mass is 16.2. The molecule has 26 heavy (non-hydrogen) atoms. The monoisotopic (exact) mass is 359 g/mol. The lowest BCUT2D eigenvalue weighted by molar-refractivity contribution is -0.144. The van der Waals surface area contributed by atoms with Gasteiger partial charge < -0.3 is 10.2 Å². The van der Waals surface area contributed by atoms with E-state index in [1.807, 2.05) is 0 Å². The first-order valence-corrected chi connectivity index (χ1v) is 9.72. The van der Waals surface area contributed by atoms with Crippen molar-refractivity contribution < 1.29 is 9.59 Å². The number of rotatable bonds is 4. The maximum absolute atomic E-state index is 13.1. The van der Waals surface area contributed by atoms with Crippen molar-refractivity contribution in [1.82, 2.24) is 25.6 Å². The Bertz CT molecular complexity index is 677. The highest BCUT2D eigenvalue weighted by molar-refractivity contribution is 5.91. The highest BCUT2D eigenvalue weighted by Gasteiger charge is 2.57. The Morgan fingerprint density at radius 3 is 2.42 bits per heavy atom. The van der Waals surface area contributed by atoms with E-state index >= 15 is 0 Å². The van der Waals surface area contributed by atoms with E-state index in [9.17, 15) is 9.59 Å². The average Bonchev–Trinajstić information content (AvgIpc) is 3.06. The summed E-state index contributed by atoms with van der Waals surface area (Å²) >= 11 is 0. The first kappa shape index (κ1) is 17.5. The minimum atomic E-state index is -0.186. The first-order chi connectivity index (χ1) is 12.3. The van der Waals surface area contributed by atoms with Gasteiger partial charge in [-0.3, -0.25) is 9.59 Å². The number of H-pyrrole nitrogens is 1. The van der Waals surface area contributed by atoms with E-state index in [-0.39, 0.29) is 11.3 Å². The van der Waals surface area contributed by atoms with Crippen LogP contribution in [0.3, 0.4) is 0 Å². The summed E-state index contributed by atoms with van der Waals surface area (Å²) in [6, 6.07) is 0. The van der Waals surface area contributed by atoms with Crippen molar-refractivity contribution in [3.05, 3.63) is 11.9 Å². The standard InChI is InChI=1S/C19H29N5O2/c1-18(2)4-6-19(3,7-5-18)17(26)24-10-13-12(14(13)11-24)8-20-16(25)15-9-21-23-22-15/h9,12-14H,4-8,10-11H2,1-3H3,(H,20,25)(H,21,22,23)/t12?,13-,14+. The van der Waals surface area contributed by atoms with Gasteiger partial charge in [-0.15, -0.1) is 0 Å². The summed E-state index contributed by atoms with van der Waals surface area (Å²) in [7, 11) is 0. The average molecular weight is 359 g/mol. The van der Waals surface area contributed by atoms with E-state index in [1.165, 1.54) is 6.20 Å². The summed E-state index contributed by atoms with van der Waals surface area (Å²) in [5.74, 6) is 1.74. The summed E-state index contributed by atoms with van der Waals surface area (Å²) in [4.78, 5) is 27.1. The molecule has 2 N–H and O–H groups in total. The van der Waals surface area contributed by atoms with Gasteiger partial charge in [0.05, 0.1) is 6.20 Å². The summed E-state index contributed by atoms with van der Waals surface area (Å²) in [6.45, 7) is 9.14. The molecular weight excluding hydrogens is 330 g/mol. The van der Waals surface area contributed by atoms with E-state index < -0.39 is 0 Å². The van der Waals surface area contributed by atoms with Crippen LogP contribution in [0.5, 0.6) is 0 Å². The van der Waals surface area contributed by atoms with Crippen molar-refractivity contribution in [3.8, 4) is 0 Å². The molecule has 3 atom stereocenters. The lowest BCUT2D eigenvalue weighted by Gasteiger charge is -2.42. The fourth-order valence-electron chi connectivity index (χ4n) is 4.80. The molecule has 1 unspecified atom stereocenters. The Labute approximate surface area is 154 Å². The molecule has 2 saturated carbocycles. The summed E-state index contributed by atoms with van der Waals surface area (Å²) in [5.41, 5.74) is 0.518. The van der Waals surface area contributed by atoms with Crippen LogP contribution in [-0.4, -0.2) is 51.8 Å². The van der Waals surface area contributed by atoms with Gasteiger partial charge in [-0.2, -0.15) is 15.4 Å². The van der Waals surface area contributed by atoms with Crippen LogP contribution in [0.1, 0.15) is 56.9 Å². The zero-order valence-electron chi connectivity index (χ0n) is 15.9. The van der Waals surface area contributed by atoms with Crippen LogP contribution in [0.4, 0.5) is 0 Å². The Kier molecular flexibility index (Phi) is 4.08. The van der Waals surface area contributed by atoms with Gasteiger partial charge in [0.1, 0.15) is 0 Å². The number of aromatic nitrogens is 3. The maximum atomic E-state index is 13.1. The molecule has 3 aliphatic rings. The third kappa shape index (κ3) is 3.12. The molecule has 0 radical (unpaired) electrons. The summed E-state index contributed by atoms with van der Waals surface area (Å²) in [6.07, 6.45) is 5.69. The van der Waals surface area contributed by atoms with Crippen LogP contribution in [0.15, 0.2) is 6.20 Å². The van der Waals surface area contributed by atoms with Crippen molar-refractivity contribution in [1.29, 1.82) is 0 Å². The second kappa shape index (κ2) is 6.06. The molecule has 142 valence electrons. The molecule has 2 aliphatic carbocycles. The maximum Gasteiger partial charge on any atom is 0.273 e. The molecule has 7 heteroatoms. The molecule has 1 aromatic heterocycles. The predicted octanol–water partition coefficient (Wildman–Crippen LogP) is 1.85. The minimum Gasteiger partial charge on any atom is -0.350 e. The third-order valence-corrected chi connectivity index (χ3v) is 7.03. The second-order valence-electron chi connectivity index (χ2n) is 9.49. The predicted molar refractivity (Wildman–Crippen MR) is 96.1 cm³/mol. The number of amides is 2. The van der Waals surface area contributed by atoms with Gasteiger partial charge in [-0.25, -0.2) is 0 Å². The molecule has 1 saturated heterocycles. The molecular formula is C19H29N5O2. The van der Waals surface area contributed by atoms with Crippen molar-refractivity contribution in [2.75, 3.05) is 19.6 Å². The van der Waals surface area contributed by atoms with E-state index in [0.717, 1.165) is 38.8 Å². The van der Waals surface area contributed by atoms with Gasteiger partial charge in [0, 0.05) is 25.0 Å². The second-order valence-corrected chi connectivity index (χ2v) is 9.49. The number of piperidine rings is 1. The van der Waals surface area contributed by atoms with E-state index in [2.05, 4.69) is 46.4 Å². The number of likely N-dealkylation sites (tertiary alicyclic amines) is 1. The number of carbonyl (C=O) groups excluding carboxylic acids is 2. The van der Waals surface area contributed by atoms with Crippen LogP contribution >= 0.6 is 0 Å². The van der Waals surface area contributed by atoms with E-state index in [4.69, 9.17) is 0 Å². The van der Waals surface area contributed by atoms with E-state index in [1.54, 1.807) is 0 Å². The Hall–Kier alpha value is -1.92. The van der Waals surface area contributed by atoms with Gasteiger partial charge >= 0.3 is 0 Å². The lowest BCUT2D eigenvalue weighted by atomic mass is 9.65. The van der Waals surface area contributed by atoms with Crippen LogP contribution < -0.4 is 5.32 Å². The number of carbonyl (C=O) groups is 2. The number of aromatic amines is 1. The van der Waals surface area contributed by atoms with Gasteiger partial charge in [-0.05, 0) is 48.9 Å². The molecule has 0 aromatic carbocycles. The highest BCUT2D eigenvalue weighted by Crippen LogP contribution is 2.53. The van der Waals surface area contributed by atoms with Crippen molar-refractivity contribution >= 4 is 11.8 Å². The number of hydrogen-bond acceptors (Lipinski definition) is 4. The largest absolute Gasteiger partial charge is 0.350 e. The Morgan fingerprint density at radius 2 is 1.85 bits per heavy atom. The quantitative estimate of drug-likeness (QED) is 0.858. The molecule has 2 heterocycles. The van der Waals surface area contributed by atoms with Gasteiger partial charge in [0.2, 0.25) is 5.91 Å². The molecule has 0 bridgehead atoms. The first-order valence-electron chi connectivity index (χ1n) is 9.72. The van der Waals surface area contributed by atoms with Gasteiger partial charge in [0.15, 0.2) is 5.69 Å². The third-order valence-electron chi connectivity index (χ3n) is 7.03. The van der Waals surface area contributed by atoms with Crippen molar-refractivity contribution in [2.45, 2.75) is 46.5 Å². The number of hydrogen-bond donors (Lipinski definition) is 2. The normalized spacial score (nSPS) is 31.3. The van der Waals surface area contributed by atoms with Crippen molar-refractivity contribution in [2.24, 2.45) is 28.6 Å².